The van der Waals surface area contributed by atoms with E-state index in [2.05, 4.69) is 29.2 Å². The van der Waals surface area contributed by atoms with Crippen LogP contribution in [0.2, 0.25) is 0 Å². The van der Waals surface area contributed by atoms with Gasteiger partial charge in [0.25, 0.3) is 0 Å². The van der Waals surface area contributed by atoms with E-state index < -0.39 is 0 Å². The summed E-state index contributed by atoms with van der Waals surface area (Å²) in [7, 11) is 3.28. The Labute approximate surface area is 234 Å². The number of Topliss-reactive ketones (excluding diaryl/α,β-unsaturated/α-hetero) is 1. The molecule has 0 aromatic heterocycles. The van der Waals surface area contributed by atoms with Gasteiger partial charge in [-0.1, -0.05) is 60.7 Å². The summed E-state index contributed by atoms with van der Waals surface area (Å²) in [5.74, 6) is 3.06. The fourth-order valence-electron chi connectivity index (χ4n) is 5.30. The van der Waals surface area contributed by atoms with E-state index >= 15 is 0 Å². The quantitative estimate of drug-likeness (QED) is 0.247. The van der Waals surface area contributed by atoms with Gasteiger partial charge >= 0.3 is 0 Å². The van der Waals surface area contributed by atoms with Crippen molar-refractivity contribution >= 4 is 11.9 Å². The lowest BCUT2D eigenvalue weighted by molar-refractivity contribution is 0.0949. The normalized spacial score (nSPS) is 15.3. The van der Waals surface area contributed by atoms with Crippen molar-refractivity contribution in [2.75, 3.05) is 27.5 Å². The van der Waals surface area contributed by atoms with E-state index in [1.165, 1.54) is 0 Å². The Bertz CT molecular complexity index is 1590. The van der Waals surface area contributed by atoms with Gasteiger partial charge in [-0.25, -0.2) is 0 Å². The molecule has 0 fully saturated rings. The number of hydrogen-bond donors (Lipinski definition) is 0. The molecule has 202 valence electrons. The third-order valence-electron chi connectivity index (χ3n) is 7.47. The highest BCUT2D eigenvalue weighted by molar-refractivity contribution is 6.16. The van der Waals surface area contributed by atoms with Gasteiger partial charge in [-0.3, -0.25) is 9.69 Å². The Balaban J connectivity index is 1.20. The molecule has 0 saturated heterocycles. The minimum atomic E-state index is -0.0927. The molecule has 0 saturated carbocycles. The molecule has 2 aliphatic rings. The smallest absolute Gasteiger partial charge is 0.232 e. The van der Waals surface area contributed by atoms with Gasteiger partial charge in [-0.15, -0.1) is 0 Å². The second-order valence-corrected chi connectivity index (χ2v) is 10.1. The van der Waals surface area contributed by atoms with Gasteiger partial charge < -0.3 is 18.9 Å². The van der Waals surface area contributed by atoms with Crippen LogP contribution >= 0.6 is 0 Å². The summed E-state index contributed by atoms with van der Waals surface area (Å²) in [6, 6.07) is 26.3. The van der Waals surface area contributed by atoms with Gasteiger partial charge in [-0.2, -0.15) is 0 Å². The van der Waals surface area contributed by atoms with Crippen LogP contribution in [-0.2, 0) is 13.0 Å². The summed E-state index contributed by atoms with van der Waals surface area (Å²) in [6.07, 6.45) is 2.64. The van der Waals surface area contributed by atoms with Gasteiger partial charge in [0.2, 0.25) is 5.78 Å². The molecular weight excluding hydrogens is 502 g/mol. The zero-order chi connectivity index (χ0) is 27.6. The summed E-state index contributed by atoms with van der Waals surface area (Å²) in [4.78, 5) is 15.6. The monoisotopic (exact) mass is 533 g/mol. The summed E-state index contributed by atoms with van der Waals surface area (Å²) in [5, 5.41) is 0. The first-order chi connectivity index (χ1) is 19.5. The Morgan fingerprint density at radius 2 is 1.65 bits per heavy atom. The number of carbonyl (C=O) groups excluding carboxylic acids is 1. The van der Waals surface area contributed by atoms with Crippen molar-refractivity contribution in [2.24, 2.45) is 0 Å². The maximum Gasteiger partial charge on any atom is 0.232 e. The fraction of sp³-hybridized carbons (Fsp3) is 0.206. The highest BCUT2D eigenvalue weighted by Gasteiger charge is 2.35. The molecule has 6 rings (SSSR count). The van der Waals surface area contributed by atoms with Crippen LogP contribution in [0.15, 0.2) is 84.6 Å². The lowest BCUT2D eigenvalue weighted by Crippen LogP contribution is -2.34. The first-order valence-corrected chi connectivity index (χ1v) is 13.4. The van der Waals surface area contributed by atoms with E-state index in [4.69, 9.17) is 18.9 Å². The molecule has 0 amide bonds. The van der Waals surface area contributed by atoms with Crippen molar-refractivity contribution in [3.8, 4) is 34.1 Å². The Hall–Kier alpha value is -4.55. The van der Waals surface area contributed by atoms with Crippen LogP contribution in [0.5, 0.6) is 23.0 Å². The zero-order valence-electron chi connectivity index (χ0n) is 22.9. The SMILES string of the molecule is COc1ccc(CCN2COc3cc(C)c4c(c3C2)O/C(=C/c2ccc(-c3ccccc3)cc2)C4=O)cc1OC. The standard InChI is InChI=1S/C34H31NO5/c1-22-17-29-27(20-35(21-39-29)16-15-24-11-14-28(37-2)30(18-24)38-3)34-32(22)33(36)31(40-34)19-23-9-12-26(13-10-23)25-7-5-4-6-8-25/h4-14,17-19H,15-16,20-21H2,1-3H3/b31-19+. The van der Waals surface area contributed by atoms with Gasteiger partial charge in [0.05, 0.1) is 25.3 Å². The number of hydrogen-bond acceptors (Lipinski definition) is 6. The third kappa shape index (κ3) is 4.94. The van der Waals surface area contributed by atoms with Crippen LogP contribution in [0.4, 0.5) is 0 Å². The van der Waals surface area contributed by atoms with Crippen LogP contribution in [-0.4, -0.2) is 38.2 Å². The molecule has 2 heterocycles. The number of aryl methyl sites for hydroxylation is 1. The lowest BCUT2D eigenvalue weighted by atomic mass is 9.98. The molecule has 6 heteroatoms. The first kappa shape index (κ1) is 25.7. The lowest BCUT2D eigenvalue weighted by Gasteiger charge is -2.30. The number of fused-ring (bicyclic) bond motifs is 3. The Morgan fingerprint density at radius 3 is 2.40 bits per heavy atom. The molecule has 0 N–H and O–H groups in total. The molecule has 4 aromatic rings. The average molecular weight is 534 g/mol. The summed E-state index contributed by atoms with van der Waals surface area (Å²) in [6.45, 7) is 3.83. The van der Waals surface area contributed by atoms with E-state index in [9.17, 15) is 4.79 Å². The van der Waals surface area contributed by atoms with E-state index in [1.54, 1.807) is 14.2 Å². The second kappa shape index (κ2) is 10.9. The Morgan fingerprint density at radius 1 is 0.900 bits per heavy atom. The van der Waals surface area contributed by atoms with Crippen LogP contribution in [0.3, 0.4) is 0 Å². The van der Waals surface area contributed by atoms with Crippen molar-refractivity contribution in [3.63, 3.8) is 0 Å². The number of rotatable bonds is 7. The molecule has 40 heavy (non-hydrogen) atoms. The van der Waals surface area contributed by atoms with Crippen LogP contribution in [0, 0.1) is 6.92 Å². The van der Waals surface area contributed by atoms with E-state index in [0.717, 1.165) is 57.8 Å². The highest BCUT2D eigenvalue weighted by Crippen LogP contribution is 2.44. The van der Waals surface area contributed by atoms with Gasteiger partial charge in [0, 0.05) is 13.1 Å². The minimum Gasteiger partial charge on any atom is -0.493 e. The second-order valence-electron chi connectivity index (χ2n) is 10.1. The van der Waals surface area contributed by atoms with Crippen LogP contribution < -0.4 is 18.9 Å². The van der Waals surface area contributed by atoms with E-state index in [0.29, 0.717) is 36.1 Å². The maximum atomic E-state index is 13.4. The largest absolute Gasteiger partial charge is 0.493 e. The van der Waals surface area contributed by atoms with Crippen molar-refractivity contribution in [2.45, 2.75) is 19.9 Å². The molecule has 6 nitrogen and oxygen atoms in total. The number of benzene rings is 4. The number of ketones is 1. The molecule has 4 aromatic carbocycles. The molecular formula is C34H31NO5. The summed E-state index contributed by atoms with van der Waals surface area (Å²) in [5.41, 5.74) is 6.73. The predicted octanol–water partition coefficient (Wildman–Crippen LogP) is 6.69. The van der Waals surface area contributed by atoms with E-state index in [-0.39, 0.29) is 5.78 Å². The van der Waals surface area contributed by atoms with Crippen LogP contribution in [0.25, 0.3) is 17.2 Å². The van der Waals surface area contributed by atoms with E-state index in [1.807, 2.05) is 67.6 Å². The number of methoxy groups -OCH3 is 2. The number of carbonyl (C=O) groups is 1. The summed E-state index contributed by atoms with van der Waals surface area (Å²) < 4.78 is 23.2. The number of ether oxygens (including phenoxy) is 4. The van der Waals surface area contributed by atoms with Gasteiger partial charge in [0.15, 0.2) is 17.3 Å². The topological polar surface area (TPSA) is 57.2 Å². The van der Waals surface area contributed by atoms with Crippen molar-refractivity contribution < 1.29 is 23.7 Å². The summed E-state index contributed by atoms with van der Waals surface area (Å²) >= 11 is 0. The fourth-order valence-corrected chi connectivity index (χ4v) is 5.30. The van der Waals surface area contributed by atoms with Crippen molar-refractivity contribution in [3.05, 3.63) is 112 Å². The van der Waals surface area contributed by atoms with Crippen molar-refractivity contribution in [1.29, 1.82) is 0 Å². The molecule has 0 spiro atoms. The predicted molar refractivity (Wildman–Crippen MR) is 155 cm³/mol. The molecule has 0 bridgehead atoms. The van der Waals surface area contributed by atoms with Gasteiger partial charge in [0.1, 0.15) is 18.2 Å². The number of allylic oxidation sites excluding steroid dienone is 1. The molecule has 0 radical (unpaired) electrons. The third-order valence-corrected chi connectivity index (χ3v) is 7.47. The van der Waals surface area contributed by atoms with Gasteiger partial charge in [-0.05, 0) is 65.4 Å². The zero-order valence-corrected chi connectivity index (χ0v) is 22.9. The Kier molecular flexibility index (Phi) is 7.01. The highest BCUT2D eigenvalue weighted by atomic mass is 16.5. The number of nitrogens with zero attached hydrogens (tertiary/aromatic N) is 1. The molecule has 0 unspecified atom stereocenters. The average Bonchev–Trinajstić information content (AvgIpc) is 3.33. The molecule has 0 aliphatic carbocycles. The van der Waals surface area contributed by atoms with Crippen molar-refractivity contribution in [1.82, 2.24) is 4.90 Å². The molecule has 0 atom stereocenters. The maximum absolute atomic E-state index is 13.4. The minimum absolute atomic E-state index is 0.0927. The molecule has 2 aliphatic heterocycles. The van der Waals surface area contributed by atoms with Crippen LogP contribution in [0.1, 0.15) is 32.6 Å². The first-order valence-electron chi connectivity index (χ1n) is 13.4.